The Morgan fingerprint density at radius 3 is 2.07 bits per heavy atom. The van der Waals surface area contributed by atoms with Gasteiger partial charge >= 0.3 is 0 Å². The van der Waals surface area contributed by atoms with Gasteiger partial charge in [0.05, 0.1) is 0 Å². The maximum Gasteiger partial charge on any atom is 0.280 e. The van der Waals surface area contributed by atoms with Crippen LogP contribution in [0.15, 0.2) is 31.2 Å². The Labute approximate surface area is 170 Å². The van der Waals surface area contributed by atoms with Crippen LogP contribution in [0.25, 0.3) is 0 Å². The summed E-state index contributed by atoms with van der Waals surface area (Å²) in [6, 6.07) is 3.06. The minimum atomic E-state index is -0.252. The number of aromatic amines is 1. The van der Waals surface area contributed by atoms with Gasteiger partial charge in [-0.15, -0.1) is 4.91 Å². The first-order chi connectivity index (χ1) is 13.6. The lowest BCUT2D eigenvalue weighted by Crippen LogP contribution is -2.16. The van der Waals surface area contributed by atoms with Crippen LogP contribution in [0.2, 0.25) is 0 Å². The zero-order valence-electron chi connectivity index (χ0n) is 17.7. The fourth-order valence-electron chi connectivity index (χ4n) is 3.39. The van der Waals surface area contributed by atoms with Crippen LogP contribution in [0.3, 0.4) is 0 Å². The number of carbonyl (C=O) groups is 1. The van der Waals surface area contributed by atoms with E-state index >= 15 is 0 Å². The van der Waals surface area contributed by atoms with Crippen molar-refractivity contribution < 1.29 is 13.8 Å². The number of hydrogen-bond acceptors (Lipinski definition) is 7. The lowest BCUT2D eigenvalue weighted by Gasteiger charge is -2.21. The Hall–Kier alpha value is -2.51. The first kappa shape index (κ1) is 22.8. The first-order valence-corrected chi connectivity index (χ1v) is 10.2. The summed E-state index contributed by atoms with van der Waals surface area (Å²) in [6.07, 6.45) is 6.30. The molecule has 0 saturated heterocycles. The minimum absolute atomic E-state index is 0.0603. The molecule has 0 aliphatic carbocycles. The number of hydrogen-bond donors (Lipinski definition) is 1. The van der Waals surface area contributed by atoms with Gasteiger partial charge in [0.15, 0.2) is 0 Å². The van der Waals surface area contributed by atoms with Gasteiger partial charge in [-0.3, -0.25) is 9.59 Å². The van der Waals surface area contributed by atoms with Crippen molar-refractivity contribution in [3.8, 4) is 0 Å². The van der Waals surface area contributed by atoms with Crippen LogP contribution >= 0.6 is 0 Å². The van der Waals surface area contributed by atoms with Crippen LogP contribution in [0.1, 0.15) is 90.6 Å². The van der Waals surface area contributed by atoms with Crippen LogP contribution < -0.4 is 5.56 Å². The molecule has 2 aromatic rings. The predicted octanol–water partition coefficient (Wildman–Crippen LogP) is 5.30. The molecule has 8 nitrogen and oxygen atoms in total. The number of nitroso groups, excluding NO2 is 1. The molecule has 160 valence electrons. The third-order valence-corrected chi connectivity index (χ3v) is 5.46. The van der Waals surface area contributed by atoms with Gasteiger partial charge in [0.2, 0.25) is 5.82 Å². The summed E-state index contributed by atoms with van der Waals surface area (Å²) in [5.41, 5.74) is -0.707. The molecular weight excluding hydrogens is 374 g/mol. The lowest BCUT2D eigenvalue weighted by molar-refractivity contribution is -0.119. The SMILES string of the molecule is CC(C)(CCCCC(=O)CCCCC(C)(C)c1cc(=O)[nH]o1)c1cc(N=O)no1. The Balaban J connectivity index is 1.62. The summed E-state index contributed by atoms with van der Waals surface area (Å²) in [5, 5.41) is 8.70. The molecule has 0 aliphatic heterocycles. The molecule has 0 fully saturated rings. The van der Waals surface area contributed by atoms with Crippen molar-refractivity contribution in [3.63, 3.8) is 0 Å². The summed E-state index contributed by atoms with van der Waals surface area (Å²) >= 11 is 0. The average Bonchev–Trinajstić information content (AvgIpc) is 3.32. The number of carbonyl (C=O) groups excluding carboxylic acids is 1. The van der Waals surface area contributed by atoms with Gasteiger partial charge < -0.3 is 9.05 Å². The quantitative estimate of drug-likeness (QED) is 0.357. The van der Waals surface area contributed by atoms with E-state index in [-0.39, 0.29) is 28.0 Å². The van der Waals surface area contributed by atoms with Gasteiger partial charge in [-0.25, -0.2) is 0 Å². The molecule has 0 bridgehead atoms. The van der Waals surface area contributed by atoms with E-state index in [1.807, 2.05) is 27.7 Å². The molecule has 0 aromatic carbocycles. The smallest absolute Gasteiger partial charge is 0.280 e. The fraction of sp³-hybridized carbons (Fsp3) is 0.667. The number of nitrogens with one attached hydrogen (secondary N) is 1. The zero-order chi connectivity index (χ0) is 21.5. The van der Waals surface area contributed by atoms with Gasteiger partial charge in [0, 0.05) is 35.8 Å². The van der Waals surface area contributed by atoms with Crippen molar-refractivity contribution >= 4 is 11.6 Å². The van der Waals surface area contributed by atoms with Crippen LogP contribution in [-0.2, 0) is 15.6 Å². The molecule has 1 N–H and O–H groups in total. The van der Waals surface area contributed by atoms with Gasteiger partial charge in [-0.1, -0.05) is 45.7 Å². The Kier molecular flexibility index (Phi) is 7.70. The summed E-state index contributed by atoms with van der Waals surface area (Å²) in [5.74, 6) is 1.63. The second-order valence-electron chi connectivity index (χ2n) is 8.94. The van der Waals surface area contributed by atoms with E-state index in [0.29, 0.717) is 24.4 Å². The maximum absolute atomic E-state index is 12.1. The van der Waals surface area contributed by atoms with Crippen molar-refractivity contribution in [2.75, 3.05) is 0 Å². The molecule has 2 rings (SSSR count). The van der Waals surface area contributed by atoms with Crippen molar-refractivity contribution in [1.29, 1.82) is 0 Å². The van der Waals surface area contributed by atoms with Crippen LogP contribution in [0, 0.1) is 4.91 Å². The summed E-state index contributed by atoms with van der Waals surface area (Å²) in [4.78, 5) is 33.8. The molecule has 8 heteroatoms. The molecule has 0 amide bonds. The summed E-state index contributed by atoms with van der Waals surface area (Å²) in [7, 11) is 0. The largest absolute Gasteiger partial charge is 0.383 e. The number of ketones is 1. The lowest BCUT2D eigenvalue weighted by atomic mass is 9.83. The van der Waals surface area contributed by atoms with Crippen molar-refractivity contribution in [2.24, 2.45) is 5.18 Å². The second kappa shape index (κ2) is 9.80. The normalized spacial score (nSPS) is 12.3. The molecule has 0 saturated carbocycles. The third kappa shape index (κ3) is 6.80. The van der Waals surface area contributed by atoms with E-state index in [1.54, 1.807) is 6.07 Å². The number of Topliss-reactive ketones (excluding diaryl/α,β-unsaturated/α-hetero) is 1. The Morgan fingerprint density at radius 1 is 1.00 bits per heavy atom. The van der Waals surface area contributed by atoms with Gasteiger partial charge in [-0.2, -0.15) is 5.16 Å². The van der Waals surface area contributed by atoms with E-state index in [2.05, 4.69) is 15.5 Å². The topological polar surface area (TPSA) is 119 Å². The fourth-order valence-corrected chi connectivity index (χ4v) is 3.39. The Bertz CT molecular complexity index is 860. The number of nitrogens with zero attached hydrogens (tertiary/aromatic N) is 2. The van der Waals surface area contributed by atoms with Crippen molar-refractivity contribution in [3.05, 3.63) is 38.9 Å². The number of unbranched alkanes of at least 4 members (excludes halogenated alkanes) is 2. The highest BCUT2D eigenvalue weighted by molar-refractivity contribution is 5.78. The molecular formula is C21H31N3O5. The third-order valence-electron chi connectivity index (χ3n) is 5.46. The molecule has 0 aliphatic rings. The minimum Gasteiger partial charge on any atom is -0.383 e. The standard InChI is InChI=1S/C21H31N3O5/c1-20(2,16-13-18(22-27)23-28-16)11-7-5-9-15(25)10-6-8-12-21(3,4)17-14-19(26)24-29-17/h13-14H,5-12H2,1-4H3,(H,24,26). The monoisotopic (exact) mass is 405 g/mol. The van der Waals surface area contributed by atoms with E-state index in [1.165, 1.54) is 6.07 Å². The first-order valence-electron chi connectivity index (χ1n) is 10.2. The van der Waals surface area contributed by atoms with Crippen LogP contribution in [0.5, 0.6) is 0 Å². The van der Waals surface area contributed by atoms with Crippen molar-refractivity contribution in [2.45, 2.75) is 89.9 Å². The summed E-state index contributed by atoms with van der Waals surface area (Å²) < 4.78 is 10.4. The van der Waals surface area contributed by atoms with Gasteiger partial charge in [-0.05, 0) is 30.9 Å². The molecule has 29 heavy (non-hydrogen) atoms. The average molecular weight is 405 g/mol. The number of H-pyrrole nitrogens is 1. The molecule has 0 radical (unpaired) electrons. The molecule has 0 unspecified atom stereocenters. The van der Waals surface area contributed by atoms with E-state index < -0.39 is 0 Å². The van der Waals surface area contributed by atoms with E-state index in [9.17, 15) is 14.5 Å². The molecule has 0 spiro atoms. The van der Waals surface area contributed by atoms with Crippen LogP contribution in [-0.4, -0.2) is 16.1 Å². The van der Waals surface area contributed by atoms with E-state index in [0.717, 1.165) is 38.5 Å². The zero-order valence-corrected chi connectivity index (χ0v) is 17.7. The highest BCUT2D eigenvalue weighted by Gasteiger charge is 2.26. The van der Waals surface area contributed by atoms with Gasteiger partial charge in [0.25, 0.3) is 5.56 Å². The Morgan fingerprint density at radius 2 is 1.59 bits per heavy atom. The molecule has 0 atom stereocenters. The highest BCUT2D eigenvalue weighted by atomic mass is 16.5. The summed E-state index contributed by atoms with van der Waals surface area (Å²) in [6.45, 7) is 8.12. The van der Waals surface area contributed by atoms with Crippen molar-refractivity contribution in [1.82, 2.24) is 10.3 Å². The number of aromatic nitrogens is 2. The number of rotatable bonds is 13. The maximum atomic E-state index is 12.1. The second-order valence-corrected chi connectivity index (χ2v) is 8.94. The predicted molar refractivity (Wildman–Crippen MR) is 109 cm³/mol. The van der Waals surface area contributed by atoms with E-state index in [4.69, 9.17) is 9.05 Å². The van der Waals surface area contributed by atoms with Crippen LogP contribution in [0.4, 0.5) is 5.82 Å². The van der Waals surface area contributed by atoms with Gasteiger partial charge in [0.1, 0.15) is 17.3 Å². The highest BCUT2D eigenvalue weighted by Crippen LogP contribution is 2.31. The molecule has 2 aromatic heterocycles. The molecule has 2 heterocycles.